The maximum atomic E-state index is 9.96. The molecule has 1 aliphatic rings. The van der Waals surface area contributed by atoms with Gasteiger partial charge in [-0.3, -0.25) is 10.3 Å². The number of hydrogen-bond acceptors (Lipinski definition) is 7. The van der Waals surface area contributed by atoms with Crippen LogP contribution in [0.3, 0.4) is 0 Å². The van der Waals surface area contributed by atoms with Crippen LogP contribution >= 0.6 is 11.3 Å². The summed E-state index contributed by atoms with van der Waals surface area (Å²) >= 11 is 1.44. The third-order valence-corrected chi connectivity index (χ3v) is 4.07. The lowest BCUT2D eigenvalue weighted by Gasteiger charge is -2.34. The van der Waals surface area contributed by atoms with Crippen LogP contribution in [-0.4, -0.2) is 39.4 Å². The fourth-order valence-electron chi connectivity index (χ4n) is 2.31. The van der Waals surface area contributed by atoms with Crippen LogP contribution < -0.4 is 11.3 Å². The summed E-state index contributed by atoms with van der Waals surface area (Å²) in [6, 6.07) is 0.238. The normalized spacial score (nSPS) is 25.2. The number of nitrogens with two attached hydrogens (primary N) is 1. The van der Waals surface area contributed by atoms with E-state index in [9.17, 15) is 5.11 Å². The smallest absolute Gasteiger partial charge is 0.219 e. The van der Waals surface area contributed by atoms with E-state index in [1.54, 1.807) is 0 Å². The molecular weight excluding hydrogens is 238 g/mol. The first-order valence-electron chi connectivity index (χ1n) is 5.88. The van der Waals surface area contributed by atoms with Gasteiger partial charge < -0.3 is 5.11 Å². The molecule has 1 saturated carbocycles. The second-order valence-electron chi connectivity index (χ2n) is 4.48. The first-order chi connectivity index (χ1) is 8.20. The van der Waals surface area contributed by atoms with E-state index in [0.29, 0.717) is 11.7 Å². The van der Waals surface area contributed by atoms with Crippen molar-refractivity contribution in [3.63, 3.8) is 0 Å². The van der Waals surface area contributed by atoms with Crippen molar-refractivity contribution in [3.05, 3.63) is 5.01 Å². The minimum Gasteiger partial charge on any atom is -0.391 e. The Hall–Kier alpha value is -0.760. The first kappa shape index (κ1) is 12.7. The number of nitrogens with one attached hydrogen (secondary N) is 1. The Labute approximate surface area is 105 Å². The Morgan fingerprint density at radius 1 is 1.47 bits per heavy atom. The summed E-state index contributed by atoms with van der Waals surface area (Å²) in [5.41, 5.74) is 2.49. The summed E-state index contributed by atoms with van der Waals surface area (Å²) in [5.74, 6) is 5.26. The molecule has 4 N–H and O–H groups in total. The Morgan fingerprint density at radius 2 is 2.24 bits per heavy atom. The molecule has 1 aromatic heterocycles. The maximum absolute atomic E-state index is 9.96. The maximum Gasteiger partial charge on any atom is 0.219 e. The number of rotatable bonds is 4. The van der Waals surface area contributed by atoms with E-state index in [0.717, 1.165) is 24.3 Å². The van der Waals surface area contributed by atoms with Crippen LogP contribution in [0.5, 0.6) is 0 Å². The molecule has 0 radical (unpaired) electrons. The highest BCUT2D eigenvalue weighted by molar-refractivity contribution is 7.15. The Balaban J connectivity index is 1.93. The summed E-state index contributed by atoms with van der Waals surface area (Å²) < 4.78 is 0. The molecule has 1 fully saturated rings. The van der Waals surface area contributed by atoms with Crippen molar-refractivity contribution in [2.24, 2.45) is 5.84 Å². The fourth-order valence-corrected chi connectivity index (χ4v) is 3.03. The Bertz CT molecular complexity index is 358. The number of aliphatic hydroxyl groups excluding tert-OH is 1. The minimum atomic E-state index is -0.214. The molecule has 0 spiro atoms. The van der Waals surface area contributed by atoms with Crippen LogP contribution in [0.2, 0.25) is 0 Å². The monoisotopic (exact) mass is 257 g/mol. The highest BCUT2D eigenvalue weighted by Crippen LogP contribution is 2.24. The van der Waals surface area contributed by atoms with E-state index in [1.165, 1.54) is 17.8 Å². The van der Waals surface area contributed by atoms with E-state index in [-0.39, 0.29) is 12.1 Å². The molecule has 0 saturated heterocycles. The van der Waals surface area contributed by atoms with Gasteiger partial charge in [-0.25, -0.2) is 5.84 Å². The SMILES string of the molecule is CN(Cc1nnc(NN)s1)C1CCCCC1O. The van der Waals surface area contributed by atoms with Crippen molar-refractivity contribution < 1.29 is 5.11 Å². The third kappa shape index (κ3) is 3.12. The van der Waals surface area contributed by atoms with E-state index in [2.05, 4.69) is 20.5 Å². The number of hydrazine groups is 1. The lowest BCUT2D eigenvalue weighted by atomic mass is 9.92. The van der Waals surface area contributed by atoms with Gasteiger partial charge in [0.2, 0.25) is 5.13 Å². The van der Waals surface area contributed by atoms with Crippen molar-refractivity contribution in [1.29, 1.82) is 0 Å². The number of hydrogen-bond donors (Lipinski definition) is 3. The second-order valence-corrected chi connectivity index (χ2v) is 5.54. The van der Waals surface area contributed by atoms with E-state index >= 15 is 0 Å². The van der Waals surface area contributed by atoms with Crippen LogP contribution in [0.15, 0.2) is 0 Å². The number of nitrogen functional groups attached to an aromatic ring is 1. The molecule has 0 aliphatic heterocycles. The lowest BCUT2D eigenvalue weighted by Crippen LogP contribution is -2.42. The van der Waals surface area contributed by atoms with Gasteiger partial charge in [-0.15, -0.1) is 10.2 Å². The van der Waals surface area contributed by atoms with Gasteiger partial charge in [-0.2, -0.15) is 0 Å². The molecule has 0 amide bonds. The molecule has 17 heavy (non-hydrogen) atoms. The van der Waals surface area contributed by atoms with E-state index in [1.807, 2.05) is 7.05 Å². The third-order valence-electron chi connectivity index (χ3n) is 3.24. The van der Waals surface area contributed by atoms with Crippen LogP contribution in [-0.2, 0) is 6.54 Å². The molecular formula is C10H19N5OS. The zero-order valence-electron chi connectivity index (χ0n) is 9.96. The Morgan fingerprint density at radius 3 is 2.88 bits per heavy atom. The first-order valence-corrected chi connectivity index (χ1v) is 6.69. The summed E-state index contributed by atoms with van der Waals surface area (Å²) in [6.07, 6.45) is 4.07. The average Bonchev–Trinajstić information content (AvgIpc) is 2.77. The molecule has 2 rings (SSSR count). The van der Waals surface area contributed by atoms with Crippen LogP contribution in [0, 0.1) is 0 Å². The molecule has 0 aromatic carbocycles. The Kier molecular flexibility index (Phi) is 4.27. The highest BCUT2D eigenvalue weighted by atomic mass is 32.1. The second kappa shape index (κ2) is 5.72. The van der Waals surface area contributed by atoms with Gasteiger partial charge in [-0.1, -0.05) is 24.2 Å². The number of anilines is 1. The van der Waals surface area contributed by atoms with Crippen molar-refractivity contribution >= 4 is 16.5 Å². The van der Waals surface area contributed by atoms with Crippen molar-refractivity contribution in [2.45, 2.75) is 44.4 Å². The largest absolute Gasteiger partial charge is 0.391 e. The zero-order valence-corrected chi connectivity index (χ0v) is 10.8. The molecule has 1 heterocycles. The predicted octanol–water partition coefficient (Wildman–Crippen LogP) is 0.559. The minimum absolute atomic E-state index is 0.214. The molecule has 1 aromatic rings. The van der Waals surface area contributed by atoms with Gasteiger partial charge >= 0.3 is 0 Å². The van der Waals surface area contributed by atoms with Crippen molar-refractivity contribution in [3.8, 4) is 0 Å². The average molecular weight is 257 g/mol. The van der Waals surface area contributed by atoms with Crippen LogP contribution in [0.1, 0.15) is 30.7 Å². The summed E-state index contributed by atoms with van der Waals surface area (Å²) in [6.45, 7) is 0.709. The van der Waals surface area contributed by atoms with Gasteiger partial charge in [0, 0.05) is 6.04 Å². The molecule has 1 aliphatic carbocycles. The van der Waals surface area contributed by atoms with E-state index < -0.39 is 0 Å². The summed E-state index contributed by atoms with van der Waals surface area (Å²) in [5, 5.41) is 19.4. The highest BCUT2D eigenvalue weighted by Gasteiger charge is 2.27. The van der Waals surface area contributed by atoms with Gasteiger partial charge in [0.05, 0.1) is 12.6 Å². The van der Waals surface area contributed by atoms with Gasteiger partial charge in [0.25, 0.3) is 0 Å². The molecule has 2 unspecified atom stereocenters. The zero-order chi connectivity index (χ0) is 12.3. The standard InChI is InChI=1S/C10H19N5OS/c1-15(7-4-2-3-5-8(7)16)6-9-13-14-10(12-11)17-9/h7-8,16H,2-6,11H2,1H3,(H,12,14). The van der Waals surface area contributed by atoms with Crippen LogP contribution in [0.25, 0.3) is 0 Å². The summed E-state index contributed by atoms with van der Waals surface area (Å²) in [4.78, 5) is 2.16. The number of likely N-dealkylation sites (N-methyl/N-ethyl adjacent to an activating group) is 1. The van der Waals surface area contributed by atoms with Crippen molar-refractivity contribution in [1.82, 2.24) is 15.1 Å². The number of nitrogens with zero attached hydrogens (tertiary/aromatic N) is 3. The van der Waals surface area contributed by atoms with Gasteiger partial charge in [-0.05, 0) is 19.9 Å². The fraction of sp³-hybridized carbons (Fsp3) is 0.800. The predicted molar refractivity (Wildman–Crippen MR) is 67.4 cm³/mol. The molecule has 6 nitrogen and oxygen atoms in total. The number of aliphatic hydroxyl groups is 1. The van der Waals surface area contributed by atoms with E-state index in [4.69, 9.17) is 5.84 Å². The molecule has 7 heteroatoms. The van der Waals surface area contributed by atoms with Crippen LogP contribution in [0.4, 0.5) is 5.13 Å². The van der Waals surface area contributed by atoms with Crippen molar-refractivity contribution in [2.75, 3.05) is 12.5 Å². The topological polar surface area (TPSA) is 87.3 Å². The molecule has 2 atom stereocenters. The molecule has 96 valence electrons. The van der Waals surface area contributed by atoms with Gasteiger partial charge in [0.15, 0.2) is 0 Å². The summed E-state index contributed by atoms with van der Waals surface area (Å²) in [7, 11) is 2.02. The molecule has 0 bridgehead atoms. The quantitative estimate of drug-likeness (QED) is 0.539. The van der Waals surface area contributed by atoms with Gasteiger partial charge in [0.1, 0.15) is 5.01 Å². The lowest BCUT2D eigenvalue weighted by molar-refractivity contribution is 0.0287. The number of aromatic nitrogens is 2.